The van der Waals surface area contributed by atoms with Gasteiger partial charge in [0.15, 0.2) is 0 Å². The zero-order valence-corrected chi connectivity index (χ0v) is 6.29. The largest absolute Gasteiger partial charge is 0.302 e. The van der Waals surface area contributed by atoms with E-state index in [2.05, 4.69) is 11.5 Å². The van der Waals surface area contributed by atoms with Gasteiger partial charge in [-0.1, -0.05) is 0 Å². The summed E-state index contributed by atoms with van der Waals surface area (Å²) < 4.78 is 0. The molecule has 0 aliphatic carbocycles. The van der Waals surface area contributed by atoms with E-state index in [1.165, 1.54) is 0 Å². The molecule has 1 heterocycles. The van der Waals surface area contributed by atoms with E-state index in [1.807, 2.05) is 5.01 Å². The number of hydrogen-bond donors (Lipinski definition) is 1. The SMILES string of the molecule is N#C[C@@H]1CCCN1NCC=O. The van der Waals surface area contributed by atoms with Crippen molar-refractivity contribution in [1.82, 2.24) is 10.4 Å². The molecule has 1 aliphatic heterocycles. The van der Waals surface area contributed by atoms with Gasteiger partial charge < -0.3 is 4.79 Å². The summed E-state index contributed by atoms with van der Waals surface area (Å²) in [6.07, 6.45) is 2.74. The number of carbonyl (C=O) groups excluding carboxylic acids is 1. The summed E-state index contributed by atoms with van der Waals surface area (Å²) in [5.74, 6) is 0. The first-order valence-corrected chi connectivity index (χ1v) is 3.72. The van der Waals surface area contributed by atoms with Crippen LogP contribution in [0, 0.1) is 11.3 Å². The number of hydrogen-bond acceptors (Lipinski definition) is 4. The summed E-state index contributed by atoms with van der Waals surface area (Å²) in [6, 6.07) is 2.12. The number of nitrogens with zero attached hydrogens (tertiary/aromatic N) is 2. The van der Waals surface area contributed by atoms with E-state index in [1.54, 1.807) is 0 Å². The lowest BCUT2D eigenvalue weighted by molar-refractivity contribution is -0.107. The molecule has 0 bridgehead atoms. The Balaban J connectivity index is 2.32. The summed E-state index contributed by atoms with van der Waals surface area (Å²) in [4.78, 5) is 9.98. The van der Waals surface area contributed by atoms with Crippen LogP contribution in [0.5, 0.6) is 0 Å². The van der Waals surface area contributed by atoms with Crippen LogP contribution in [0.2, 0.25) is 0 Å². The molecular formula is C7H11N3O. The van der Waals surface area contributed by atoms with Crippen LogP contribution < -0.4 is 5.43 Å². The van der Waals surface area contributed by atoms with Gasteiger partial charge in [-0.15, -0.1) is 0 Å². The maximum Gasteiger partial charge on any atom is 0.135 e. The molecule has 1 fully saturated rings. The Bertz CT molecular complexity index is 175. The monoisotopic (exact) mass is 153 g/mol. The van der Waals surface area contributed by atoms with Crippen molar-refractivity contribution in [2.24, 2.45) is 0 Å². The van der Waals surface area contributed by atoms with Crippen molar-refractivity contribution < 1.29 is 4.79 Å². The molecule has 11 heavy (non-hydrogen) atoms. The van der Waals surface area contributed by atoms with Crippen molar-refractivity contribution in [3.05, 3.63) is 0 Å². The standard InChI is InChI=1S/C7H11N3O/c8-6-7-2-1-4-10(7)9-3-5-11/h5,7,9H,1-4H2/t7-/m0/s1. The number of nitrogens with one attached hydrogen (secondary N) is 1. The van der Waals surface area contributed by atoms with Crippen molar-refractivity contribution in [3.8, 4) is 6.07 Å². The smallest absolute Gasteiger partial charge is 0.135 e. The first kappa shape index (κ1) is 8.18. The third-order valence-electron chi connectivity index (χ3n) is 1.78. The minimum atomic E-state index is -0.0463. The lowest BCUT2D eigenvalue weighted by Gasteiger charge is -2.17. The Morgan fingerprint density at radius 2 is 2.64 bits per heavy atom. The normalized spacial score (nSPS) is 24.8. The van der Waals surface area contributed by atoms with Gasteiger partial charge >= 0.3 is 0 Å². The van der Waals surface area contributed by atoms with Gasteiger partial charge in [-0.05, 0) is 12.8 Å². The van der Waals surface area contributed by atoms with Crippen LogP contribution in [0.3, 0.4) is 0 Å². The highest BCUT2D eigenvalue weighted by atomic mass is 16.1. The highest BCUT2D eigenvalue weighted by molar-refractivity contribution is 5.51. The summed E-state index contributed by atoms with van der Waals surface area (Å²) in [7, 11) is 0. The van der Waals surface area contributed by atoms with E-state index < -0.39 is 0 Å². The molecule has 0 spiro atoms. The molecule has 0 amide bonds. The van der Waals surface area contributed by atoms with E-state index in [0.717, 1.165) is 25.7 Å². The van der Waals surface area contributed by atoms with Gasteiger partial charge in [0.05, 0.1) is 12.6 Å². The third-order valence-corrected chi connectivity index (χ3v) is 1.78. The zero-order valence-electron chi connectivity index (χ0n) is 6.29. The highest BCUT2D eigenvalue weighted by Gasteiger charge is 2.22. The van der Waals surface area contributed by atoms with Crippen molar-refractivity contribution in [2.75, 3.05) is 13.1 Å². The summed E-state index contributed by atoms with van der Waals surface area (Å²) in [6.45, 7) is 1.17. The molecule has 1 rings (SSSR count). The second-order valence-electron chi connectivity index (χ2n) is 2.51. The van der Waals surface area contributed by atoms with E-state index in [0.29, 0.717) is 6.54 Å². The molecule has 0 aromatic carbocycles. The van der Waals surface area contributed by atoms with E-state index in [4.69, 9.17) is 5.26 Å². The minimum Gasteiger partial charge on any atom is -0.302 e. The number of hydrazine groups is 1. The molecule has 4 heteroatoms. The molecule has 4 nitrogen and oxygen atoms in total. The van der Waals surface area contributed by atoms with E-state index >= 15 is 0 Å². The second-order valence-corrected chi connectivity index (χ2v) is 2.51. The Morgan fingerprint density at radius 3 is 3.27 bits per heavy atom. The van der Waals surface area contributed by atoms with Crippen LogP contribution in [-0.4, -0.2) is 30.4 Å². The minimum absolute atomic E-state index is 0.0463. The van der Waals surface area contributed by atoms with E-state index in [9.17, 15) is 4.79 Å². The maximum atomic E-state index is 9.98. The van der Waals surface area contributed by atoms with Gasteiger partial charge in [-0.2, -0.15) is 5.26 Å². The van der Waals surface area contributed by atoms with Gasteiger partial charge in [0, 0.05) is 6.54 Å². The lowest BCUT2D eigenvalue weighted by atomic mass is 10.2. The number of nitriles is 1. The second kappa shape index (κ2) is 4.06. The van der Waals surface area contributed by atoms with Crippen LogP contribution in [0.25, 0.3) is 0 Å². The average Bonchev–Trinajstić information content (AvgIpc) is 2.47. The summed E-state index contributed by atoms with van der Waals surface area (Å²) in [5.41, 5.74) is 2.88. The van der Waals surface area contributed by atoms with Crippen molar-refractivity contribution in [1.29, 1.82) is 5.26 Å². The van der Waals surface area contributed by atoms with Crippen LogP contribution in [0.1, 0.15) is 12.8 Å². The maximum absolute atomic E-state index is 9.98. The van der Waals surface area contributed by atoms with Crippen molar-refractivity contribution in [3.63, 3.8) is 0 Å². The van der Waals surface area contributed by atoms with Crippen molar-refractivity contribution in [2.45, 2.75) is 18.9 Å². The van der Waals surface area contributed by atoms with Gasteiger partial charge in [0.2, 0.25) is 0 Å². The predicted molar refractivity (Wildman–Crippen MR) is 39.4 cm³/mol. The first-order chi connectivity index (χ1) is 5.38. The fourth-order valence-corrected chi connectivity index (χ4v) is 1.24. The molecule has 0 aromatic heterocycles. The molecule has 1 aliphatic rings. The third kappa shape index (κ3) is 2.00. The molecule has 1 saturated heterocycles. The molecule has 60 valence electrons. The molecule has 1 N–H and O–H groups in total. The van der Waals surface area contributed by atoms with Crippen LogP contribution in [-0.2, 0) is 4.79 Å². The molecule has 1 atom stereocenters. The Morgan fingerprint density at radius 1 is 1.82 bits per heavy atom. The first-order valence-electron chi connectivity index (χ1n) is 3.72. The summed E-state index contributed by atoms with van der Waals surface area (Å²) in [5, 5.41) is 10.4. The zero-order chi connectivity index (χ0) is 8.10. The molecule has 0 saturated carbocycles. The Labute approximate surface area is 65.8 Å². The van der Waals surface area contributed by atoms with Gasteiger partial charge in [-0.25, -0.2) is 10.4 Å². The van der Waals surface area contributed by atoms with Crippen molar-refractivity contribution >= 4 is 6.29 Å². The fourth-order valence-electron chi connectivity index (χ4n) is 1.24. The highest BCUT2D eigenvalue weighted by Crippen LogP contribution is 2.12. The number of carbonyl (C=O) groups is 1. The van der Waals surface area contributed by atoms with Crippen LogP contribution in [0.4, 0.5) is 0 Å². The number of aldehydes is 1. The van der Waals surface area contributed by atoms with E-state index in [-0.39, 0.29) is 6.04 Å². The van der Waals surface area contributed by atoms with Gasteiger partial charge in [0.1, 0.15) is 12.3 Å². The quantitative estimate of drug-likeness (QED) is 0.564. The van der Waals surface area contributed by atoms with Gasteiger partial charge in [0.25, 0.3) is 0 Å². The lowest BCUT2D eigenvalue weighted by Crippen LogP contribution is -2.41. The Kier molecular flexibility index (Phi) is 3.02. The Hall–Kier alpha value is -0.920. The molecule has 0 unspecified atom stereocenters. The molecule has 0 radical (unpaired) electrons. The topological polar surface area (TPSA) is 56.1 Å². The predicted octanol–water partition coefficient (Wildman–Crippen LogP) is -0.322. The molecule has 0 aromatic rings. The van der Waals surface area contributed by atoms with Gasteiger partial charge in [-0.3, -0.25) is 0 Å². The summed E-state index contributed by atoms with van der Waals surface area (Å²) >= 11 is 0. The molecular weight excluding hydrogens is 142 g/mol. The van der Waals surface area contributed by atoms with Crippen LogP contribution >= 0.6 is 0 Å². The number of rotatable bonds is 3. The fraction of sp³-hybridized carbons (Fsp3) is 0.714. The van der Waals surface area contributed by atoms with Crippen LogP contribution in [0.15, 0.2) is 0 Å². The average molecular weight is 153 g/mol.